The number of hydrogen-bond donors (Lipinski definition) is 2. The van der Waals surface area contributed by atoms with E-state index in [9.17, 15) is 9.90 Å². The molecular formula is C11H19NO3. The van der Waals surface area contributed by atoms with E-state index in [0.29, 0.717) is 19.4 Å². The molecule has 1 fully saturated rings. The number of carbonyl (C=O) groups is 1. The van der Waals surface area contributed by atoms with Gasteiger partial charge in [0.25, 0.3) is 0 Å². The van der Waals surface area contributed by atoms with Crippen molar-refractivity contribution in [1.29, 1.82) is 0 Å². The van der Waals surface area contributed by atoms with Crippen LogP contribution in [0.25, 0.3) is 0 Å². The fraction of sp³-hybridized carbons (Fsp3) is 0.727. The molecule has 0 unspecified atom stereocenters. The first kappa shape index (κ1) is 12.2. The molecule has 0 aromatic rings. The Hall–Kier alpha value is -0.870. The van der Waals surface area contributed by atoms with Gasteiger partial charge in [-0.25, -0.2) is 0 Å². The lowest BCUT2D eigenvalue weighted by Crippen LogP contribution is -2.54. The summed E-state index contributed by atoms with van der Waals surface area (Å²) in [5.74, 6) is -0.765. The third-order valence-electron chi connectivity index (χ3n) is 3.11. The maximum absolute atomic E-state index is 11.2. The molecule has 0 aliphatic heterocycles. The summed E-state index contributed by atoms with van der Waals surface area (Å²) in [6.45, 7) is 4.12. The molecule has 0 heterocycles. The van der Waals surface area contributed by atoms with Crippen LogP contribution < -0.4 is 5.32 Å². The van der Waals surface area contributed by atoms with Crippen LogP contribution in [0.5, 0.6) is 0 Å². The summed E-state index contributed by atoms with van der Waals surface area (Å²) in [7, 11) is 1.68. The first-order valence-electron chi connectivity index (χ1n) is 5.27. The molecule has 2 N–H and O–H groups in total. The van der Waals surface area contributed by atoms with Gasteiger partial charge in [-0.3, -0.25) is 10.1 Å². The summed E-state index contributed by atoms with van der Waals surface area (Å²) in [5.41, 5.74) is -0.775. The first-order valence-corrected chi connectivity index (χ1v) is 5.27. The maximum atomic E-state index is 11.2. The van der Waals surface area contributed by atoms with E-state index in [-0.39, 0.29) is 6.10 Å². The summed E-state index contributed by atoms with van der Waals surface area (Å²) in [4.78, 5) is 11.2. The molecule has 0 radical (unpaired) electrons. The zero-order chi connectivity index (χ0) is 11.3. The predicted octanol–water partition coefficient (Wildman–Crippen LogP) is 1.17. The maximum Gasteiger partial charge on any atom is 0.323 e. The van der Waals surface area contributed by atoms with E-state index >= 15 is 0 Å². The molecule has 1 rings (SSSR count). The molecule has 4 heteroatoms. The lowest BCUT2D eigenvalue weighted by atomic mass is 9.80. The minimum Gasteiger partial charge on any atom is -0.480 e. The Bertz CT molecular complexity index is 232. The highest BCUT2D eigenvalue weighted by Gasteiger charge is 2.41. The van der Waals surface area contributed by atoms with Crippen molar-refractivity contribution in [3.05, 3.63) is 12.7 Å². The van der Waals surface area contributed by atoms with Crippen molar-refractivity contribution in [3.63, 3.8) is 0 Å². The van der Waals surface area contributed by atoms with Gasteiger partial charge >= 0.3 is 5.97 Å². The van der Waals surface area contributed by atoms with Gasteiger partial charge in [-0.05, 0) is 25.7 Å². The average Bonchev–Trinajstić information content (AvgIpc) is 2.27. The fourth-order valence-electron chi connectivity index (χ4n) is 2.05. The molecule has 1 aliphatic rings. The average molecular weight is 213 g/mol. The van der Waals surface area contributed by atoms with Crippen LogP contribution in [0.3, 0.4) is 0 Å². The molecule has 0 bridgehead atoms. The number of ether oxygens (including phenoxy) is 1. The summed E-state index contributed by atoms with van der Waals surface area (Å²) < 4.78 is 5.23. The third kappa shape index (κ3) is 2.79. The Kier molecular flexibility index (Phi) is 4.29. The largest absolute Gasteiger partial charge is 0.480 e. The van der Waals surface area contributed by atoms with Crippen LogP contribution in [0, 0.1) is 0 Å². The Morgan fingerprint density at radius 3 is 2.67 bits per heavy atom. The van der Waals surface area contributed by atoms with Crippen LogP contribution in [-0.2, 0) is 9.53 Å². The van der Waals surface area contributed by atoms with Crippen molar-refractivity contribution in [1.82, 2.24) is 5.32 Å². The molecule has 15 heavy (non-hydrogen) atoms. The number of carboxylic acids is 1. The van der Waals surface area contributed by atoms with E-state index in [1.165, 1.54) is 0 Å². The van der Waals surface area contributed by atoms with E-state index in [1.807, 2.05) is 0 Å². The van der Waals surface area contributed by atoms with Crippen molar-refractivity contribution < 1.29 is 14.6 Å². The monoisotopic (exact) mass is 213 g/mol. The van der Waals surface area contributed by atoms with Crippen molar-refractivity contribution in [3.8, 4) is 0 Å². The van der Waals surface area contributed by atoms with Gasteiger partial charge in [-0.15, -0.1) is 6.58 Å². The van der Waals surface area contributed by atoms with Crippen molar-refractivity contribution in [2.75, 3.05) is 13.7 Å². The second-order valence-corrected chi connectivity index (χ2v) is 3.99. The van der Waals surface area contributed by atoms with Gasteiger partial charge in [0.2, 0.25) is 0 Å². The molecule has 0 aromatic carbocycles. The number of hydrogen-bond acceptors (Lipinski definition) is 3. The number of carboxylic acid groups (broad SMARTS) is 1. The van der Waals surface area contributed by atoms with Gasteiger partial charge in [0.1, 0.15) is 5.54 Å². The molecule has 0 aromatic heterocycles. The van der Waals surface area contributed by atoms with Crippen LogP contribution >= 0.6 is 0 Å². The topological polar surface area (TPSA) is 58.6 Å². The minimum atomic E-state index is -0.775. The lowest BCUT2D eigenvalue weighted by molar-refractivity contribution is -0.147. The Balaban J connectivity index is 2.60. The second kappa shape index (κ2) is 5.28. The van der Waals surface area contributed by atoms with Crippen LogP contribution in [0.2, 0.25) is 0 Å². The van der Waals surface area contributed by atoms with E-state index in [2.05, 4.69) is 11.9 Å². The van der Waals surface area contributed by atoms with E-state index in [1.54, 1.807) is 13.2 Å². The van der Waals surface area contributed by atoms with Crippen LogP contribution in [0.4, 0.5) is 0 Å². The van der Waals surface area contributed by atoms with Gasteiger partial charge in [0.15, 0.2) is 0 Å². The zero-order valence-electron chi connectivity index (χ0n) is 9.16. The predicted molar refractivity (Wildman–Crippen MR) is 57.8 cm³/mol. The highest BCUT2D eigenvalue weighted by Crippen LogP contribution is 2.30. The van der Waals surface area contributed by atoms with Crippen molar-refractivity contribution in [2.45, 2.75) is 37.3 Å². The number of rotatable bonds is 5. The third-order valence-corrected chi connectivity index (χ3v) is 3.11. The van der Waals surface area contributed by atoms with E-state index in [4.69, 9.17) is 4.74 Å². The lowest BCUT2D eigenvalue weighted by Gasteiger charge is -2.36. The first-order chi connectivity index (χ1) is 7.14. The molecule has 1 saturated carbocycles. The van der Waals surface area contributed by atoms with Gasteiger partial charge in [-0.1, -0.05) is 6.08 Å². The number of nitrogens with one attached hydrogen (secondary N) is 1. The van der Waals surface area contributed by atoms with Crippen LogP contribution in [-0.4, -0.2) is 36.4 Å². The fourth-order valence-corrected chi connectivity index (χ4v) is 2.05. The molecule has 86 valence electrons. The van der Waals surface area contributed by atoms with Gasteiger partial charge < -0.3 is 9.84 Å². The molecule has 0 atom stereocenters. The number of aliphatic carboxylic acids is 1. The van der Waals surface area contributed by atoms with Crippen molar-refractivity contribution in [2.24, 2.45) is 0 Å². The van der Waals surface area contributed by atoms with E-state index < -0.39 is 11.5 Å². The molecular weight excluding hydrogens is 194 g/mol. The van der Waals surface area contributed by atoms with Gasteiger partial charge in [-0.2, -0.15) is 0 Å². The summed E-state index contributed by atoms with van der Waals surface area (Å²) in [5, 5.41) is 12.3. The Morgan fingerprint density at radius 2 is 2.27 bits per heavy atom. The molecule has 0 saturated heterocycles. The smallest absolute Gasteiger partial charge is 0.323 e. The summed E-state index contributed by atoms with van der Waals surface area (Å²) >= 11 is 0. The Morgan fingerprint density at radius 1 is 1.67 bits per heavy atom. The molecule has 4 nitrogen and oxygen atoms in total. The zero-order valence-corrected chi connectivity index (χ0v) is 9.16. The standard InChI is InChI=1S/C11H19NO3/c1-3-8-12-11(10(13)14)6-4-9(15-2)5-7-11/h3,9,12H,1,4-8H2,2H3,(H,13,14). The van der Waals surface area contributed by atoms with Gasteiger partial charge in [0, 0.05) is 13.7 Å². The molecule has 0 spiro atoms. The number of methoxy groups -OCH3 is 1. The molecule has 0 amide bonds. The SMILES string of the molecule is C=CCNC1(C(=O)O)CCC(OC)CC1. The quantitative estimate of drug-likeness (QED) is 0.673. The minimum absolute atomic E-state index is 0.211. The highest BCUT2D eigenvalue weighted by molar-refractivity contribution is 5.79. The second-order valence-electron chi connectivity index (χ2n) is 3.99. The summed E-state index contributed by atoms with van der Waals surface area (Å²) in [6.07, 6.45) is 4.74. The summed E-state index contributed by atoms with van der Waals surface area (Å²) in [6, 6.07) is 0. The highest BCUT2D eigenvalue weighted by atomic mass is 16.5. The van der Waals surface area contributed by atoms with Crippen molar-refractivity contribution >= 4 is 5.97 Å². The Labute approximate surface area is 90.3 Å². The van der Waals surface area contributed by atoms with Gasteiger partial charge in [0.05, 0.1) is 6.10 Å². The van der Waals surface area contributed by atoms with Crippen LogP contribution in [0.1, 0.15) is 25.7 Å². The van der Waals surface area contributed by atoms with Crippen LogP contribution in [0.15, 0.2) is 12.7 Å². The molecule has 1 aliphatic carbocycles. The normalized spacial score (nSPS) is 31.1. The van der Waals surface area contributed by atoms with E-state index in [0.717, 1.165) is 12.8 Å².